The summed E-state index contributed by atoms with van der Waals surface area (Å²) in [6, 6.07) is 41.7. The second-order valence-corrected chi connectivity index (χ2v) is 15.6. The van der Waals surface area contributed by atoms with Crippen molar-refractivity contribution in [2.75, 3.05) is 26.4 Å². The van der Waals surface area contributed by atoms with Gasteiger partial charge in [-0.2, -0.15) is 0 Å². The summed E-state index contributed by atoms with van der Waals surface area (Å²) in [5.74, 6) is 1.33. The van der Waals surface area contributed by atoms with Crippen LogP contribution < -0.4 is 9.47 Å². The first kappa shape index (κ1) is 42.4. The fourth-order valence-electron chi connectivity index (χ4n) is 7.50. The Kier molecular flexibility index (Phi) is 15.1. The highest BCUT2D eigenvalue weighted by Gasteiger charge is 2.50. The van der Waals surface area contributed by atoms with Crippen molar-refractivity contribution in [3.8, 4) is 11.5 Å². The molecule has 7 rings (SSSR count). The van der Waals surface area contributed by atoms with Gasteiger partial charge in [-0.1, -0.05) is 115 Å². The van der Waals surface area contributed by atoms with E-state index in [4.69, 9.17) is 44.8 Å². The van der Waals surface area contributed by atoms with Crippen LogP contribution in [0.4, 0.5) is 0 Å². The van der Waals surface area contributed by atoms with Crippen LogP contribution in [-0.4, -0.2) is 61.9 Å². The van der Waals surface area contributed by atoms with E-state index >= 15 is 0 Å². The second-order valence-electron chi connectivity index (χ2n) is 15.2. The van der Waals surface area contributed by atoms with E-state index < -0.39 is 36.5 Å². The van der Waals surface area contributed by atoms with Gasteiger partial charge in [0.05, 0.1) is 33.0 Å². The molecule has 1 aliphatic carbocycles. The van der Waals surface area contributed by atoms with E-state index in [1.807, 2.05) is 134 Å². The highest BCUT2D eigenvalue weighted by Crippen LogP contribution is 2.45. The zero-order chi connectivity index (χ0) is 41.0. The number of ether oxygens (including phenoxy) is 7. The number of halogens is 1. The van der Waals surface area contributed by atoms with E-state index in [1.54, 1.807) is 0 Å². The summed E-state index contributed by atoms with van der Waals surface area (Å²) in [6.45, 7) is 5.16. The Balaban J connectivity index is 1.31. The van der Waals surface area contributed by atoms with Crippen LogP contribution in [0.25, 0.3) is 0 Å². The zero-order valence-electron chi connectivity index (χ0n) is 33.6. The quantitative estimate of drug-likeness (QED) is 0.0771. The van der Waals surface area contributed by atoms with Crippen LogP contribution >= 0.6 is 11.6 Å². The monoisotopic (exact) mass is 820 g/mol. The third kappa shape index (κ3) is 11.7. The fourth-order valence-corrected chi connectivity index (χ4v) is 7.72. The molecule has 0 radical (unpaired) electrons. The number of carbonyl (C=O) groups excluding carboxylic acids is 1. The highest BCUT2D eigenvalue weighted by atomic mass is 35.5. The van der Waals surface area contributed by atoms with Crippen LogP contribution in [0.2, 0.25) is 5.02 Å². The molecule has 1 saturated carbocycles. The summed E-state index contributed by atoms with van der Waals surface area (Å²) < 4.78 is 45.8. The maximum absolute atomic E-state index is 12.4. The van der Waals surface area contributed by atoms with Gasteiger partial charge in [-0.15, -0.1) is 0 Å². The largest absolute Gasteiger partial charge is 0.494 e. The second kappa shape index (κ2) is 21.0. The van der Waals surface area contributed by atoms with Crippen LogP contribution in [-0.2, 0) is 54.7 Å². The number of hydrogen-bond acceptors (Lipinski definition) is 9. The van der Waals surface area contributed by atoms with Gasteiger partial charge in [0, 0.05) is 24.1 Å². The normalized spacial score (nSPS) is 22.4. The maximum Gasteiger partial charge on any atom is 0.302 e. The summed E-state index contributed by atoms with van der Waals surface area (Å²) in [7, 11) is 0. The van der Waals surface area contributed by atoms with Gasteiger partial charge in [0.25, 0.3) is 0 Å². The van der Waals surface area contributed by atoms with Crippen molar-refractivity contribution >= 4 is 17.6 Å². The first-order chi connectivity index (χ1) is 28.9. The number of esters is 1. The maximum atomic E-state index is 12.4. The Morgan fingerprint density at radius 1 is 0.695 bits per heavy atom. The SMILES string of the molecule is CCOc1ccc(Cc2cc([C@@H]3O[C@H](COC(C)=O)[C@@H](OCc4ccccc4)[C@@H](OCc4ccccc4)[C@H]3OCc3ccccc3)c(OCC3CC3CO)cc2Cl)cc1. The molecule has 2 unspecified atom stereocenters. The van der Waals surface area contributed by atoms with E-state index in [0.717, 1.165) is 45.6 Å². The van der Waals surface area contributed by atoms with E-state index in [9.17, 15) is 9.90 Å². The number of aliphatic hydroxyl groups is 1. The summed E-state index contributed by atoms with van der Waals surface area (Å²) in [5.41, 5.74) is 5.56. The van der Waals surface area contributed by atoms with E-state index in [2.05, 4.69) is 0 Å². The Hall–Kier alpha value is -4.74. The number of rotatable bonds is 20. The Bertz CT molecular complexity index is 2050. The number of aliphatic hydroxyl groups excluding tert-OH is 1. The van der Waals surface area contributed by atoms with Crippen LogP contribution in [0.1, 0.15) is 59.8 Å². The van der Waals surface area contributed by atoms with E-state index in [0.29, 0.717) is 30.4 Å². The molecule has 1 saturated heterocycles. The van der Waals surface area contributed by atoms with Crippen molar-refractivity contribution in [2.45, 2.75) is 77.0 Å². The molecule has 9 nitrogen and oxygen atoms in total. The lowest BCUT2D eigenvalue weighted by atomic mass is 9.88. The van der Waals surface area contributed by atoms with Gasteiger partial charge in [-0.25, -0.2) is 0 Å². The molecular weight excluding hydrogens is 768 g/mol. The molecule has 0 spiro atoms. The van der Waals surface area contributed by atoms with Crippen LogP contribution in [0.5, 0.6) is 11.5 Å². The third-order valence-electron chi connectivity index (χ3n) is 10.8. The topological polar surface area (TPSA) is 102 Å². The molecule has 5 aromatic rings. The highest BCUT2D eigenvalue weighted by molar-refractivity contribution is 6.31. The fraction of sp³-hybridized carbons (Fsp3) is 0.367. The standard InChI is InChI=1S/C49H53ClO9/c1-3-53-41-21-19-34(20-22-41)23-38-25-42(44(26-43(38)50)55-31-40-24-39(40)27-51)46-48(57-29-36-15-9-5-10-16-36)49(58-30-37-17-11-6-12-18-37)47(45(59-46)32-54-33(2)52)56-28-35-13-7-4-8-14-35/h4-22,25-26,39-40,45-49,51H,3,23-24,27-32H2,1-2H3/t39?,40?,45-,46+,47-,48+,49-/m1/s1. The van der Waals surface area contributed by atoms with Gasteiger partial charge in [0.2, 0.25) is 0 Å². The average Bonchev–Trinajstić information content (AvgIpc) is 4.04. The molecule has 310 valence electrons. The summed E-state index contributed by atoms with van der Waals surface area (Å²) >= 11 is 7.10. The lowest BCUT2D eigenvalue weighted by molar-refractivity contribution is -0.273. The number of hydrogen-bond donors (Lipinski definition) is 1. The van der Waals surface area contributed by atoms with Gasteiger partial charge in [-0.3, -0.25) is 4.79 Å². The van der Waals surface area contributed by atoms with Crippen molar-refractivity contribution in [2.24, 2.45) is 11.8 Å². The lowest BCUT2D eigenvalue weighted by Gasteiger charge is -2.46. The molecule has 10 heteroatoms. The lowest BCUT2D eigenvalue weighted by Crippen LogP contribution is -2.58. The first-order valence-corrected chi connectivity index (χ1v) is 20.8. The van der Waals surface area contributed by atoms with Crippen molar-refractivity contribution in [3.05, 3.63) is 166 Å². The van der Waals surface area contributed by atoms with Gasteiger partial charge >= 0.3 is 5.97 Å². The van der Waals surface area contributed by atoms with Crippen LogP contribution in [0.3, 0.4) is 0 Å². The summed E-state index contributed by atoms with van der Waals surface area (Å²) in [5, 5.41) is 10.4. The van der Waals surface area contributed by atoms with Gasteiger partial charge in [-0.05, 0) is 83.7 Å². The van der Waals surface area contributed by atoms with Crippen molar-refractivity contribution in [1.82, 2.24) is 0 Å². The molecule has 0 aromatic heterocycles. The van der Waals surface area contributed by atoms with Gasteiger partial charge in [0.1, 0.15) is 48.6 Å². The minimum Gasteiger partial charge on any atom is -0.494 e. The van der Waals surface area contributed by atoms with Crippen LogP contribution in [0.15, 0.2) is 127 Å². The summed E-state index contributed by atoms with van der Waals surface area (Å²) in [6.07, 6.45) is -2.28. The molecule has 2 fully saturated rings. The third-order valence-corrected chi connectivity index (χ3v) is 11.2. The van der Waals surface area contributed by atoms with Gasteiger partial charge < -0.3 is 38.3 Å². The minimum absolute atomic E-state index is 0.0784. The van der Waals surface area contributed by atoms with Crippen molar-refractivity contribution in [1.29, 1.82) is 0 Å². The number of benzene rings is 5. The van der Waals surface area contributed by atoms with Crippen molar-refractivity contribution in [3.63, 3.8) is 0 Å². The molecule has 1 N–H and O–H groups in total. The molecule has 2 aliphatic rings. The molecule has 59 heavy (non-hydrogen) atoms. The summed E-state index contributed by atoms with van der Waals surface area (Å²) in [4.78, 5) is 12.4. The molecule has 1 aliphatic heterocycles. The van der Waals surface area contributed by atoms with E-state index in [-0.39, 0.29) is 44.9 Å². The Morgan fingerprint density at radius 2 is 1.27 bits per heavy atom. The smallest absolute Gasteiger partial charge is 0.302 e. The predicted octanol–water partition coefficient (Wildman–Crippen LogP) is 9.10. The van der Waals surface area contributed by atoms with Crippen LogP contribution in [0, 0.1) is 11.8 Å². The first-order valence-electron chi connectivity index (χ1n) is 20.4. The average molecular weight is 821 g/mol. The molecular formula is C49H53ClO9. The molecule has 0 bridgehead atoms. The predicted molar refractivity (Wildman–Crippen MR) is 225 cm³/mol. The Morgan fingerprint density at radius 3 is 1.81 bits per heavy atom. The molecule has 7 atom stereocenters. The molecule has 0 amide bonds. The van der Waals surface area contributed by atoms with E-state index in [1.165, 1.54) is 6.92 Å². The van der Waals surface area contributed by atoms with Crippen molar-refractivity contribution < 1.29 is 43.1 Å². The molecule has 1 heterocycles. The minimum atomic E-state index is -0.782. The molecule has 5 aromatic carbocycles. The van der Waals surface area contributed by atoms with Gasteiger partial charge in [0.15, 0.2) is 0 Å². The Labute approximate surface area is 352 Å². The number of carbonyl (C=O) groups is 1. The zero-order valence-corrected chi connectivity index (χ0v) is 34.4.